The molecule has 1 heterocycles. The molecule has 0 atom stereocenters. The first-order chi connectivity index (χ1) is 10.0. The van der Waals surface area contributed by atoms with Gasteiger partial charge in [0.15, 0.2) is 0 Å². The highest BCUT2D eigenvalue weighted by atomic mass is 79.9. The summed E-state index contributed by atoms with van der Waals surface area (Å²) in [7, 11) is 0. The largest absolute Gasteiger partial charge is 0.316 e. The van der Waals surface area contributed by atoms with Crippen LogP contribution >= 0.6 is 15.9 Å². The van der Waals surface area contributed by atoms with Gasteiger partial charge in [-0.3, -0.25) is 4.90 Å². The van der Waals surface area contributed by atoms with E-state index in [1.54, 1.807) is 6.07 Å². The molecule has 0 saturated carbocycles. The van der Waals surface area contributed by atoms with Gasteiger partial charge in [-0.15, -0.1) is 0 Å². The molecule has 0 amide bonds. The minimum Gasteiger partial charge on any atom is -0.316 e. The maximum Gasteiger partial charge on any atom is 0.128 e. The number of halogens is 2. The Morgan fingerprint density at radius 3 is 2.67 bits per heavy atom. The van der Waals surface area contributed by atoms with Crippen molar-refractivity contribution in [2.24, 2.45) is 11.8 Å². The molecule has 1 saturated heterocycles. The topological polar surface area (TPSA) is 15.3 Å². The molecule has 0 radical (unpaired) electrons. The third kappa shape index (κ3) is 5.68. The first kappa shape index (κ1) is 16.9. The van der Waals surface area contributed by atoms with Gasteiger partial charge < -0.3 is 5.32 Å². The Morgan fingerprint density at radius 2 is 2.05 bits per heavy atom. The van der Waals surface area contributed by atoms with Gasteiger partial charge in [-0.1, -0.05) is 35.8 Å². The van der Waals surface area contributed by atoms with Gasteiger partial charge in [-0.2, -0.15) is 0 Å². The molecule has 1 aromatic carbocycles. The number of hydrogen-bond donors (Lipinski definition) is 1. The van der Waals surface area contributed by atoms with Gasteiger partial charge in [-0.05, 0) is 63.0 Å². The van der Waals surface area contributed by atoms with Crippen molar-refractivity contribution < 1.29 is 4.39 Å². The zero-order valence-corrected chi connectivity index (χ0v) is 14.6. The van der Waals surface area contributed by atoms with E-state index in [0.29, 0.717) is 5.92 Å². The van der Waals surface area contributed by atoms with E-state index in [4.69, 9.17) is 0 Å². The lowest BCUT2D eigenvalue weighted by Gasteiger charge is -2.32. The highest BCUT2D eigenvalue weighted by Crippen LogP contribution is 2.21. The molecular weight excluding hydrogens is 331 g/mol. The summed E-state index contributed by atoms with van der Waals surface area (Å²) in [4.78, 5) is 2.37. The van der Waals surface area contributed by atoms with Crippen molar-refractivity contribution in [1.29, 1.82) is 0 Å². The molecule has 118 valence electrons. The molecule has 1 N–H and O–H groups in total. The molecule has 0 bridgehead atoms. The van der Waals surface area contributed by atoms with E-state index in [9.17, 15) is 4.39 Å². The first-order valence-electron chi connectivity index (χ1n) is 7.91. The Bertz CT molecular complexity index is 442. The Kier molecular flexibility index (Phi) is 6.65. The minimum absolute atomic E-state index is 0.106. The molecular formula is C17H26BrFN2. The standard InChI is InChI=1S/C17H26BrFN2/c1-13(2)10-20-11-14-5-7-21(8-6-14)12-15-3-4-16(18)9-17(15)19/h3-4,9,13-14,20H,5-8,10-12H2,1-2H3. The van der Waals surface area contributed by atoms with Crippen LogP contribution in [0.2, 0.25) is 0 Å². The number of benzene rings is 1. The van der Waals surface area contributed by atoms with E-state index in [-0.39, 0.29) is 5.82 Å². The van der Waals surface area contributed by atoms with Crippen molar-refractivity contribution in [3.63, 3.8) is 0 Å². The van der Waals surface area contributed by atoms with Crippen LogP contribution in [0.5, 0.6) is 0 Å². The van der Waals surface area contributed by atoms with Gasteiger partial charge in [0.25, 0.3) is 0 Å². The molecule has 0 unspecified atom stereocenters. The van der Waals surface area contributed by atoms with Gasteiger partial charge in [0, 0.05) is 16.6 Å². The normalized spacial score (nSPS) is 17.6. The molecule has 1 aliphatic rings. The van der Waals surface area contributed by atoms with Gasteiger partial charge in [0.05, 0.1) is 0 Å². The SMILES string of the molecule is CC(C)CNCC1CCN(Cc2ccc(Br)cc2F)CC1. The summed E-state index contributed by atoms with van der Waals surface area (Å²) in [6.45, 7) is 9.58. The van der Waals surface area contributed by atoms with E-state index in [2.05, 4.69) is 40.0 Å². The second kappa shape index (κ2) is 8.25. The summed E-state index contributed by atoms with van der Waals surface area (Å²) in [6, 6.07) is 5.36. The van der Waals surface area contributed by atoms with Crippen LogP contribution in [0.3, 0.4) is 0 Å². The molecule has 21 heavy (non-hydrogen) atoms. The number of nitrogens with one attached hydrogen (secondary N) is 1. The van der Waals surface area contributed by atoms with E-state index in [0.717, 1.165) is 48.7 Å². The summed E-state index contributed by atoms with van der Waals surface area (Å²) in [5.74, 6) is 1.38. The zero-order chi connectivity index (χ0) is 15.2. The van der Waals surface area contributed by atoms with Crippen molar-refractivity contribution in [2.45, 2.75) is 33.2 Å². The summed E-state index contributed by atoms with van der Waals surface area (Å²) in [5, 5.41) is 3.55. The van der Waals surface area contributed by atoms with Crippen LogP contribution in [0.25, 0.3) is 0 Å². The Balaban J connectivity index is 1.74. The predicted molar refractivity (Wildman–Crippen MR) is 89.8 cm³/mol. The highest BCUT2D eigenvalue weighted by Gasteiger charge is 2.19. The monoisotopic (exact) mass is 356 g/mol. The average molecular weight is 357 g/mol. The number of hydrogen-bond acceptors (Lipinski definition) is 2. The number of likely N-dealkylation sites (tertiary alicyclic amines) is 1. The summed E-state index contributed by atoms with van der Waals surface area (Å²) >= 11 is 3.30. The summed E-state index contributed by atoms with van der Waals surface area (Å²) in [5.41, 5.74) is 0.801. The molecule has 1 aliphatic heterocycles. The lowest BCUT2D eigenvalue weighted by molar-refractivity contribution is 0.173. The first-order valence-corrected chi connectivity index (χ1v) is 8.71. The number of nitrogens with zero attached hydrogens (tertiary/aromatic N) is 1. The maximum atomic E-state index is 13.9. The van der Waals surface area contributed by atoms with Gasteiger partial charge in [0.1, 0.15) is 5.82 Å². The highest BCUT2D eigenvalue weighted by molar-refractivity contribution is 9.10. The van der Waals surface area contributed by atoms with E-state index in [1.807, 2.05) is 12.1 Å². The third-order valence-corrected chi connectivity index (χ3v) is 4.60. The van der Waals surface area contributed by atoms with Crippen molar-refractivity contribution in [2.75, 3.05) is 26.2 Å². The third-order valence-electron chi connectivity index (χ3n) is 4.10. The van der Waals surface area contributed by atoms with Crippen LogP contribution in [0, 0.1) is 17.7 Å². The molecule has 2 nitrogen and oxygen atoms in total. The van der Waals surface area contributed by atoms with Crippen LogP contribution in [0.4, 0.5) is 4.39 Å². The van der Waals surface area contributed by atoms with Crippen LogP contribution < -0.4 is 5.32 Å². The quantitative estimate of drug-likeness (QED) is 0.827. The van der Waals surface area contributed by atoms with Gasteiger partial charge >= 0.3 is 0 Å². The fourth-order valence-corrected chi connectivity index (χ4v) is 3.15. The lowest BCUT2D eigenvalue weighted by Crippen LogP contribution is -2.37. The fourth-order valence-electron chi connectivity index (χ4n) is 2.82. The number of rotatable bonds is 6. The van der Waals surface area contributed by atoms with Crippen LogP contribution in [-0.4, -0.2) is 31.1 Å². The molecule has 1 aromatic rings. The minimum atomic E-state index is -0.106. The smallest absolute Gasteiger partial charge is 0.128 e. The summed E-state index contributed by atoms with van der Waals surface area (Å²) in [6.07, 6.45) is 2.42. The Morgan fingerprint density at radius 1 is 1.33 bits per heavy atom. The molecule has 1 fully saturated rings. The van der Waals surface area contributed by atoms with Crippen molar-refractivity contribution in [3.05, 3.63) is 34.1 Å². The number of piperidine rings is 1. The van der Waals surface area contributed by atoms with E-state index >= 15 is 0 Å². The lowest BCUT2D eigenvalue weighted by atomic mass is 9.96. The van der Waals surface area contributed by atoms with E-state index < -0.39 is 0 Å². The fraction of sp³-hybridized carbons (Fsp3) is 0.647. The van der Waals surface area contributed by atoms with E-state index in [1.165, 1.54) is 12.8 Å². The van der Waals surface area contributed by atoms with Crippen molar-refractivity contribution in [1.82, 2.24) is 10.2 Å². The van der Waals surface area contributed by atoms with Gasteiger partial charge in [-0.25, -0.2) is 4.39 Å². The average Bonchev–Trinajstić information content (AvgIpc) is 2.43. The Labute approximate surface area is 136 Å². The second-order valence-electron chi connectivity index (χ2n) is 6.51. The molecule has 0 aliphatic carbocycles. The van der Waals surface area contributed by atoms with Crippen LogP contribution in [0.15, 0.2) is 22.7 Å². The van der Waals surface area contributed by atoms with Crippen LogP contribution in [-0.2, 0) is 6.54 Å². The zero-order valence-electron chi connectivity index (χ0n) is 13.0. The molecule has 0 aromatic heterocycles. The second-order valence-corrected chi connectivity index (χ2v) is 7.42. The van der Waals surface area contributed by atoms with Crippen LogP contribution in [0.1, 0.15) is 32.3 Å². The molecule has 2 rings (SSSR count). The molecule has 4 heteroatoms. The van der Waals surface area contributed by atoms with Crippen molar-refractivity contribution >= 4 is 15.9 Å². The summed E-state index contributed by atoms with van der Waals surface area (Å²) < 4.78 is 14.7. The predicted octanol–water partition coefficient (Wildman–Crippen LogP) is 4.05. The maximum absolute atomic E-state index is 13.9. The Hall–Kier alpha value is -0.450. The van der Waals surface area contributed by atoms with Gasteiger partial charge in [0.2, 0.25) is 0 Å². The van der Waals surface area contributed by atoms with Crippen molar-refractivity contribution in [3.8, 4) is 0 Å². The molecule has 0 spiro atoms.